The van der Waals surface area contributed by atoms with Gasteiger partial charge in [-0.25, -0.2) is 0 Å². The summed E-state index contributed by atoms with van der Waals surface area (Å²) in [4.78, 5) is 0. The zero-order valence-electron chi connectivity index (χ0n) is 41.4. The molecule has 0 aromatic heterocycles. The van der Waals surface area contributed by atoms with Crippen molar-refractivity contribution in [3.05, 3.63) is 267 Å². The van der Waals surface area contributed by atoms with Gasteiger partial charge in [0, 0.05) is 0 Å². The molecule has 17 aromatic carbocycles. The standard InChI is InChI=1S/C76H44/c1-5-17-55-45(13-1)29-33-67-59(21-9-25-63(55)67)49-37-53-38-50(60-22-10-26-64-56-18-6-2-14-46(56)30-34-68(60)64)43-73-74-44-52(62-24-12-28-66-58-20-8-4-16-48(58)32-36-70(62)66)40-54-39-51(42-72(76(54)74)71(41-49)75(53)73)61-23-11-27-65-57-19-7-3-15-47(57)31-35-69(61)65/h1-44H. The van der Waals surface area contributed by atoms with Crippen LogP contribution in [0.1, 0.15) is 0 Å². The fraction of sp³-hybridized carbons (Fsp3) is 0. The van der Waals surface area contributed by atoms with Gasteiger partial charge < -0.3 is 0 Å². The van der Waals surface area contributed by atoms with E-state index in [2.05, 4.69) is 267 Å². The van der Waals surface area contributed by atoms with Gasteiger partial charge in [-0.1, -0.05) is 218 Å². The largest absolute Gasteiger partial charge is 0.0616 e. The maximum Gasteiger partial charge on any atom is -0.00255 e. The maximum atomic E-state index is 2.52. The average molecular weight is 957 g/mol. The molecule has 17 rings (SSSR count). The molecule has 0 spiro atoms. The molecule has 0 heterocycles. The minimum absolute atomic E-state index is 1.22. The Morgan fingerprint density at radius 2 is 0.368 bits per heavy atom. The smallest absolute Gasteiger partial charge is 0.00255 e. The van der Waals surface area contributed by atoms with Gasteiger partial charge in [0.2, 0.25) is 0 Å². The number of hydrogen-bond acceptors (Lipinski definition) is 0. The Bertz CT molecular complexity index is 4680. The molecule has 0 aliphatic carbocycles. The molecule has 0 unspecified atom stereocenters. The molecule has 0 aliphatic rings. The Morgan fingerprint density at radius 1 is 0.132 bits per heavy atom. The molecule has 0 atom stereocenters. The van der Waals surface area contributed by atoms with Crippen molar-refractivity contribution in [1.29, 1.82) is 0 Å². The quantitative estimate of drug-likeness (QED) is 0.122. The van der Waals surface area contributed by atoms with Crippen molar-refractivity contribution in [2.24, 2.45) is 0 Å². The highest BCUT2D eigenvalue weighted by Crippen LogP contribution is 2.49. The number of rotatable bonds is 4. The summed E-state index contributed by atoms with van der Waals surface area (Å²) in [6.45, 7) is 0. The molecule has 0 N–H and O–H groups in total. The van der Waals surface area contributed by atoms with Crippen LogP contribution in [0.3, 0.4) is 0 Å². The first kappa shape index (κ1) is 41.6. The molecule has 76 heavy (non-hydrogen) atoms. The van der Waals surface area contributed by atoms with Crippen LogP contribution in [0.15, 0.2) is 267 Å². The predicted octanol–water partition coefficient (Wildman–Crippen LogP) is 21.6. The van der Waals surface area contributed by atoms with Gasteiger partial charge in [0.15, 0.2) is 0 Å². The van der Waals surface area contributed by atoms with Crippen molar-refractivity contribution in [3.63, 3.8) is 0 Å². The molecule has 0 amide bonds. The Morgan fingerprint density at radius 3 is 0.632 bits per heavy atom. The van der Waals surface area contributed by atoms with E-state index in [9.17, 15) is 0 Å². The van der Waals surface area contributed by atoms with Gasteiger partial charge in [-0.05, 0) is 222 Å². The van der Waals surface area contributed by atoms with E-state index in [-0.39, 0.29) is 0 Å². The maximum absolute atomic E-state index is 2.52. The van der Waals surface area contributed by atoms with Gasteiger partial charge in [0.1, 0.15) is 0 Å². The SMILES string of the molecule is c1ccc2c(c1)ccc1c(-c3cc4cc(-c5cccc6c5ccc5ccccc56)cc5c6cc(-c7cccc8c7ccc7ccccc78)cc7cc(-c8cccc9c8ccc8ccccc89)cc(c(c3)c45)c76)cccc12. The zero-order chi connectivity index (χ0) is 49.6. The summed E-state index contributed by atoms with van der Waals surface area (Å²) >= 11 is 0. The highest BCUT2D eigenvalue weighted by Gasteiger charge is 2.22. The van der Waals surface area contributed by atoms with Crippen LogP contribution in [0.25, 0.3) is 174 Å². The first-order valence-electron chi connectivity index (χ1n) is 26.5. The summed E-state index contributed by atoms with van der Waals surface area (Å²) in [6.07, 6.45) is 0. The molecular weight excluding hydrogens is 913 g/mol. The summed E-state index contributed by atoms with van der Waals surface area (Å²) in [7, 11) is 0. The Labute approximate surface area is 438 Å². The van der Waals surface area contributed by atoms with Gasteiger partial charge >= 0.3 is 0 Å². The van der Waals surface area contributed by atoms with E-state index in [4.69, 9.17) is 0 Å². The summed E-state index contributed by atoms with van der Waals surface area (Å²) in [6, 6.07) is 101. The van der Waals surface area contributed by atoms with Crippen molar-refractivity contribution >= 4 is 129 Å². The van der Waals surface area contributed by atoms with Gasteiger partial charge in [0.25, 0.3) is 0 Å². The minimum Gasteiger partial charge on any atom is -0.0616 e. The molecule has 0 saturated heterocycles. The minimum atomic E-state index is 1.22. The van der Waals surface area contributed by atoms with E-state index in [1.165, 1.54) is 174 Å². The van der Waals surface area contributed by atoms with Crippen LogP contribution in [0.4, 0.5) is 0 Å². The third kappa shape index (κ3) is 6.01. The van der Waals surface area contributed by atoms with E-state index >= 15 is 0 Å². The van der Waals surface area contributed by atoms with Crippen LogP contribution in [0, 0.1) is 0 Å². The molecule has 0 saturated carbocycles. The molecular formula is C76H44. The first-order chi connectivity index (χ1) is 37.7. The molecule has 0 heteroatoms. The second kappa shape index (κ2) is 15.8. The summed E-state index contributed by atoms with van der Waals surface area (Å²) in [5.41, 5.74) is 9.82. The van der Waals surface area contributed by atoms with Crippen molar-refractivity contribution in [1.82, 2.24) is 0 Å². The monoisotopic (exact) mass is 956 g/mol. The Hall–Kier alpha value is -9.88. The van der Waals surface area contributed by atoms with E-state index in [1.807, 2.05) is 0 Å². The van der Waals surface area contributed by atoms with E-state index < -0.39 is 0 Å². The molecule has 0 radical (unpaired) electrons. The molecule has 0 fully saturated rings. The molecule has 17 aromatic rings. The van der Waals surface area contributed by atoms with Gasteiger partial charge in [-0.3, -0.25) is 0 Å². The van der Waals surface area contributed by atoms with Crippen LogP contribution in [-0.2, 0) is 0 Å². The lowest BCUT2D eigenvalue weighted by molar-refractivity contribution is 1.68. The Kier molecular flexibility index (Phi) is 8.65. The third-order valence-corrected chi connectivity index (χ3v) is 17.1. The molecule has 0 nitrogen and oxygen atoms in total. The van der Waals surface area contributed by atoms with Crippen LogP contribution >= 0.6 is 0 Å². The van der Waals surface area contributed by atoms with Crippen molar-refractivity contribution < 1.29 is 0 Å². The third-order valence-electron chi connectivity index (χ3n) is 17.1. The van der Waals surface area contributed by atoms with Gasteiger partial charge in [0.05, 0.1) is 0 Å². The van der Waals surface area contributed by atoms with Crippen molar-refractivity contribution in [2.75, 3.05) is 0 Å². The van der Waals surface area contributed by atoms with Crippen LogP contribution in [0.2, 0.25) is 0 Å². The van der Waals surface area contributed by atoms with Crippen molar-refractivity contribution in [3.8, 4) is 44.5 Å². The van der Waals surface area contributed by atoms with Crippen LogP contribution in [-0.4, -0.2) is 0 Å². The predicted molar refractivity (Wildman–Crippen MR) is 329 cm³/mol. The van der Waals surface area contributed by atoms with E-state index in [0.717, 1.165) is 0 Å². The second-order valence-electron chi connectivity index (χ2n) is 21.0. The normalized spacial score (nSPS) is 12.2. The molecule has 348 valence electrons. The van der Waals surface area contributed by atoms with E-state index in [0.29, 0.717) is 0 Å². The van der Waals surface area contributed by atoms with Crippen LogP contribution in [0.5, 0.6) is 0 Å². The topological polar surface area (TPSA) is 0 Å². The molecule has 0 bridgehead atoms. The number of hydrogen-bond donors (Lipinski definition) is 0. The van der Waals surface area contributed by atoms with Gasteiger partial charge in [-0.2, -0.15) is 0 Å². The number of fused-ring (bicyclic) bond motifs is 14. The average Bonchev–Trinajstić information content (AvgIpc) is 3.68. The second-order valence-corrected chi connectivity index (χ2v) is 21.0. The lowest BCUT2D eigenvalue weighted by Gasteiger charge is -2.21. The van der Waals surface area contributed by atoms with E-state index in [1.54, 1.807) is 0 Å². The Balaban J connectivity index is 1.03. The summed E-state index contributed by atoms with van der Waals surface area (Å²) in [5, 5.41) is 30.4. The number of benzene rings is 17. The highest BCUT2D eigenvalue weighted by molar-refractivity contribution is 6.36. The zero-order valence-corrected chi connectivity index (χ0v) is 41.4. The van der Waals surface area contributed by atoms with Crippen LogP contribution < -0.4 is 0 Å². The fourth-order valence-electron chi connectivity index (χ4n) is 13.7. The summed E-state index contributed by atoms with van der Waals surface area (Å²) in [5.74, 6) is 0. The van der Waals surface area contributed by atoms with Gasteiger partial charge in [-0.15, -0.1) is 0 Å². The lowest BCUT2D eigenvalue weighted by Crippen LogP contribution is -1.93. The first-order valence-corrected chi connectivity index (χ1v) is 26.5. The highest BCUT2D eigenvalue weighted by atomic mass is 14.2. The van der Waals surface area contributed by atoms with Crippen molar-refractivity contribution in [2.45, 2.75) is 0 Å². The lowest BCUT2D eigenvalue weighted by atomic mass is 9.82. The fourth-order valence-corrected chi connectivity index (χ4v) is 13.7. The molecule has 0 aliphatic heterocycles. The summed E-state index contributed by atoms with van der Waals surface area (Å²) < 4.78 is 0.